The predicted octanol–water partition coefficient (Wildman–Crippen LogP) is 3.80. The fraction of sp³-hybridized carbons (Fsp3) is 0.647. The average Bonchev–Trinajstić information content (AvgIpc) is 2.27. The first-order valence-corrected chi connectivity index (χ1v) is 7.18. The summed E-state index contributed by atoms with van der Waals surface area (Å²) in [6.45, 7) is 11.0. The summed E-state index contributed by atoms with van der Waals surface area (Å²) in [7, 11) is 0. The third-order valence-electron chi connectivity index (χ3n) is 3.68. The minimum absolute atomic E-state index is 0.135. The van der Waals surface area contributed by atoms with Crippen LogP contribution >= 0.6 is 0 Å². The van der Waals surface area contributed by atoms with Gasteiger partial charge in [-0.1, -0.05) is 32.9 Å². The summed E-state index contributed by atoms with van der Waals surface area (Å²) < 4.78 is 0. The molecular formula is C17H28O2. The molecule has 0 bridgehead atoms. The quantitative estimate of drug-likeness (QED) is 0.794. The van der Waals surface area contributed by atoms with Crippen molar-refractivity contribution in [3.63, 3.8) is 0 Å². The number of aryl methyl sites for hydroxylation is 2. The molecule has 1 aromatic rings. The van der Waals surface area contributed by atoms with Crippen molar-refractivity contribution in [1.29, 1.82) is 0 Å². The zero-order valence-electron chi connectivity index (χ0n) is 13.0. The summed E-state index contributed by atoms with van der Waals surface area (Å²) in [5.41, 5.74) is 4.85. The van der Waals surface area contributed by atoms with E-state index in [1.165, 1.54) is 16.7 Å². The van der Waals surface area contributed by atoms with Gasteiger partial charge in [-0.2, -0.15) is 0 Å². The molecule has 0 radical (unpaired) electrons. The lowest BCUT2D eigenvalue weighted by atomic mass is 9.82. The molecule has 1 rings (SSSR count). The van der Waals surface area contributed by atoms with E-state index in [1.807, 2.05) is 0 Å². The van der Waals surface area contributed by atoms with Crippen molar-refractivity contribution in [2.75, 3.05) is 6.61 Å². The Balaban J connectivity index is 2.97. The van der Waals surface area contributed by atoms with E-state index < -0.39 is 6.10 Å². The highest BCUT2D eigenvalue weighted by molar-refractivity contribution is 5.41. The van der Waals surface area contributed by atoms with E-state index in [2.05, 4.69) is 46.8 Å². The Kier molecular flexibility index (Phi) is 5.57. The molecule has 2 N–H and O–H groups in total. The highest BCUT2D eigenvalue weighted by atomic mass is 16.3. The molecule has 2 nitrogen and oxygen atoms in total. The number of aliphatic hydroxyl groups excluding tert-OH is 2. The van der Waals surface area contributed by atoms with Gasteiger partial charge in [-0.15, -0.1) is 0 Å². The Morgan fingerprint density at radius 3 is 2.00 bits per heavy atom. The molecule has 2 heteroatoms. The smallest absolute Gasteiger partial charge is 0.0795 e. The van der Waals surface area contributed by atoms with E-state index in [9.17, 15) is 5.11 Å². The van der Waals surface area contributed by atoms with Crippen LogP contribution in [0.3, 0.4) is 0 Å². The van der Waals surface area contributed by atoms with Gasteiger partial charge in [-0.05, 0) is 60.8 Å². The summed E-state index contributed by atoms with van der Waals surface area (Å²) in [6, 6.07) is 4.38. The Morgan fingerprint density at radius 1 is 1.05 bits per heavy atom. The highest BCUT2D eigenvalue weighted by Gasteiger charge is 2.19. The van der Waals surface area contributed by atoms with Crippen molar-refractivity contribution in [3.8, 4) is 0 Å². The van der Waals surface area contributed by atoms with Gasteiger partial charge in [0.2, 0.25) is 0 Å². The third kappa shape index (κ3) is 4.32. The third-order valence-corrected chi connectivity index (χ3v) is 3.68. The van der Waals surface area contributed by atoms with Crippen molar-refractivity contribution in [2.45, 2.75) is 65.4 Å². The maximum Gasteiger partial charge on any atom is 0.0795 e. The molecule has 1 aromatic carbocycles. The number of hydrogen-bond donors (Lipinski definition) is 2. The van der Waals surface area contributed by atoms with Crippen LogP contribution < -0.4 is 0 Å². The van der Waals surface area contributed by atoms with Crippen LogP contribution in [0.1, 0.15) is 68.4 Å². The Hall–Kier alpha value is -0.860. The molecule has 0 saturated heterocycles. The zero-order valence-corrected chi connectivity index (χ0v) is 13.0. The Bertz CT molecular complexity index is 393. The Labute approximate surface area is 117 Å². The second kappa shape index (κ2) is 6.53. The van der Waals surface area contributed by atoms with Gasteiger partial charge < -0.3 is 10.2 Å². The van der Waals surface area contributed by atoms with Gasteiger partial charge >= 0.3 is 0 Å². The first-order chi connectivity index (χ1) is 8.77. The predicted molar refractivity (Wildman–Crippen MR) is 80.5 cm³/mol. The molecule has 0 aliphatic rings. The van der Waals surface area contributed by atoms with Crippen LogP contribution in [0.5, 0.6) is 0 Å². The largest absolute Gasteiger partial charge is 0.396 e. The lowest BCUT2D eigenvalue weighted by Crippen LogP contribution is -2.13. The normalized spacial score (nSPS) is 13.6. The molecular weight excluding hydrogens is 236 g/mol. The van der Waals surface area contributed by atoms with Crippen molar-refractivity contribution in [3.05, 3.63) is 34.4 Å². The van der Waals surface area contributed by atoms with E-state index >= 15 is 0 Å². The number of aliphatic hydroxyl groups is 2. The molecule has 0 saturated carbocycles. The molecule has 0 heterocycles. The van der Waals surface area contributed by atoms with Crippen LogP contribution in [0.4, 0.5) is 0 Å². The first-order valence-electron chi connectivity index (χ1n) is 7.18. The summed E-state index contributed by atoms with van der Waals surface area (Å²) in [6.07, 6.45) is 1.92. The topological polar surface area (TPSA) is 40.5 Å². The summed E-state index contributed by atoms with van der Waals surface area (Å²) in [4.78, 5) is 0. The van der Waals surface area contributed by atoms with Gasteiger partial charge in [0.1, 0.15) is 0 Å². The van der Waals surface area contributed by atoms with E-state index in [-0.39, 0.29) is 12.0 Å². The van der Waals surface area contributed by atoms with Gasteiger partial charge in [0, 0.05) is 6.61 Å². The summed E-state index contributed by atoms with van der Waals surface area (Å²) >= 11 is 0. The molecule has 108 valence electrons. The van der Waals surface area contributed by atoms with Crippen molar-refractivity contribution < 1.29 is 10.2 Å². The van der Waals surface area contributed by atoms with Gasteiger partial charge in [0.05, 0.1) is 6.10 Å². The molecule has 19 heavy (non-hydrogen) atoms. The van der Waals surface area contributed by atoms with Crippen LogP contribution in [0.25, 0.3) is 0 Å². The lowest BCUT2D eigenvalue weighted by molar-refractivity contribution is 0.158. The second-order valence-electron chi connectivity index (χ2n) is 6.51. The minimum Gasteiger partial charge on any atom is -0.396 e. The molecule has 0 aliphatic carbocycles. The van der Waals surface area contributed by atoms with Gasteiger partial charge in [0.15, 0.2) is 0 Å². The summed E-state index contributed by atoms with van der Waals surface area (Å²) in [5, 5.41) is 19.1. The molecule has 0 aromatic heterocycles. The van der Waals surface area contributed by atoms with Crippen molar-refractivity contribution in [1.82, 2.24) is 0 Å². The molecule has 1 unspecified atom stereocenters. The van der Waals surface area contributed by atoms with Crippen LogP contribution in [0.15, 0.2) is 12.1 Å². The summed E-state index contributed by atoms with van der Waals surface area (Å²) in [5.74, 6) is 0. The monoisotopic (exact) mass is 264 g/mol. The second-order valence-corrected chi connectivity index (χ2v) is 6.51. The van der Waals surface area contributed by atoms with Crippen LogP contribution in [0, 0.1) is 13.8 Å². The van der Waals surface area contributed by atoms with Gasteiger partial charge in [-0.25, -0.2) is 0 Å². The zero-order chi connectivity index (χ0) is 14.6. The number of rotatable bonds is 5. The molecule has 1 atom stereocenters. The van der Waals surface area contributed by atoms with E-state index in [1.54, 1.807) is 0 Å². The molecule has 0 fully saturated rings. The van der Waals surface area contributed by atoms with Crippen LogP contribution in [-0.2, 0) is 5.41 Å². The lowest BCUT2D eigenvalue weighted by Gasteiger charge is -2.24. The fourth-order valence-electron chi connectivity index (χ4n) is 2.53. The standard InChI is InChI=1S/C17H28O2/c1-12-10-14(17(3,4)5)11-13(2)16(12)15(19)8-6-7-9-18/h10-11,15,18-19H,6-9H2,1-5H3. The SMILES string of the molecule is Cc1cc(C(C)(C)C)cc(C)c1C(O)CCCCO. The van der Waals surface area contributed by atoms with Crippen LogP contribution in [0.2, 0.25) is 0 Å². The minimum atomic E-state index is -0.416. The van der Waals surface area contributed by atoms with E-state index in [4.69, 9.17) is 5.11 Å². The maximum atomic E-state index is 10.3. The Morgan fingerprint density at radius 2 is 1.58 bits per heavy atom. The maximum absolute atomic E-state index is 10.3. The molecule has 0 spiro atoms. The molecule has 0 aliphatic heterocycles. The number of unbranched alkanes of at least 4 members (excludes halogenated alkanes) is 1. The van der Waals surface area contributed by atoms with Crippen LogP contribution in [-0.4, -0.2) is 16.8 Å². The van der Waals surface area contributed by atoms with E-state index in [0.717, 1.165) is 24.8 Å². The average molecular weight is 264 g/mol. The van der Waals surface area contributed by atoms with Crippen molar-refractivity contribution >= 4 is 0 Å². The number of benzene rings is 1. The van der Waals surface area contributed by atoms with Gasteiger partial charge in [0.25, 0.3) is 0 Å². The first kappa shape index (κ1) is 16.2. The van der Waals surface area contributed by atoms with Gasteiger partial charge in [-0.3, -0.25) is 0 Å². The highest BCUT2D eigenvalue weighted by Crippen LogP contribution is 2.31. The fourth-order valence-corrected chi connectivity index (χ4v) is 2.53. The van der Waals surface area contributed by atoms with Crippen molar-refractivity contribution in [2.24, 2.45) is 0 Å². The number of hydrogen-bond acceptors (Lipinski definition) is 2. The van der Waals surface area contributed by atoms with E-state index in [0.29, 0.717) is 0 Å². The molecule has 0 amide bonds.